The smallest absolute Gasteiger partial charge is 0.268 e. The van der Waals surface area contributed by atoms with Gasteiger partial charge < -0.3 is 19.0 Å². The Morgan fingerprint density at radius 3 is 3.04 bits per heavy atom. The average Bonchev–Trinajstić information content (AvgIpc) is 3.24. The highest BCUT2D eigenvalue weighted by Crippen LogP contribution is 2.38. The van der Waals surface area contributed by atoms with Gasteiger partial charge in [-0.25, -0.2) is 0 Å². The summed E-state index contributed by atoms with van der Waals surface area (Å²) in [6.07, 6.45) is 2.51. The van der Waals surface area contributed by atoms with Gasteiger partial charge in [0.25, 0.3) is 5.91 Å². The van der Waals surface area contributed by atoms with E-state index in [0.29, 0.717) is 29.6 Å². The molecule has 124 valence electrons. The van der Waals surface area contributed by atoms with Gasteiger partial charge in [-0.05, 0) is 36.8 Å². The first-order valence-electron chi connectivity index (χ1n) is 7.96. The second-order valence-electron chi connectivity index (χ2n) is 5.86. The molecule has 0 spiro atoms. The minimum Gasteiger partial charge on any atom is -0.486 e. The first kappa shape index (κ1) is 15.1. The molecule has 1 unspecified atom stereocenters. The van der Waals surface area contributed by atoms with Crippen molar-refractivity contribution in [2.45, 2.75) is 32.5 Å². The number of hydrogen-bond donors (Lipinski definition) is 1. The summed E-state index contributed by atoms with van der Waals surface area (Å²) in [5.41, 5.74) is 1.48. The predicted octanol–water partition coefficient (Wildman–Crippen LogP) is 3.99. The summed E-state index contributed by atoms with van der Waals surface area (Å²) in [5, 5.41) is 4.35. The number of benzene rings is 1. The zero-order valence-corrected chi connectivity index (χ0v) is 14.0. The molecule has 24 heavy (non-hydrogen) atoms. The number of nitrogens with zero attached hydrogens (tertiary/aromatic N) is 1. The van der Waals surface area contributed by atoms with E-state index >= 15 is 0 Å². The van der Waals surface area contributed by atoms with Crippen LogP contribution in [0.5, 0.6) is 5.75 Å². The molecule has 0 aliphatic carbocycles. The van der Waals surface area contributed by atoms with Crippen molar-refractivity contribution in [3.63, 3.8) is 0 Å². The lowest BCUT2D eigenvalue weighted by Crippen LogP contribution is -2.31. The molecule has 1 aliphatic rings. The van der Waals surface area contributed by atoms with Crippen LogP contribution < -0.4 is 10.1 Å². The van der Waals surface area contributed by atoms with E-state index < -0.39 is 0 Å². The van der Waals surface area contributed by atoms with E-state index in [1.165, 1.54) is 0 Å². The Labute approximate surface area is 144 Å². The number of carbonyl (C=O) groups is 1. The first-order valence-corrected chi connectivity index (χ1v) is 8.34. The Balaban J connectivity index is 1.72. The standard InChI is InChI=1S/C18H17ClN2O3/c1-2-11-10-21-15(18(22)20-9-12-4-3-7-23-12)8-13-14(19)5-6-16(24-11)17(13)21/h3-8,11H,2,9-10H2,1H3,(H,20,22). The Morgan fingerprint density at radius 1 is 1.42 bits per heavy atom. The van der Waals surface area contributed by atoms with E-state index in [0.717, 1.165) is 23.1 Å². The van der Waals surface area contributed by atoms with Crippen molar-refractivity contribution >= 4 is 28.4 Å². The van der Waals surface area contributed by atoms with Crippen LogP contribution in [0, 0.1) is 0 Å². The van der Waals surface area contributed by atoms with E-state index in [1.807, 2.05) is 28.8 Å². The maximum absolute atomic E-state index is 12.7. The summed E-state index contributed by atoms with van der Waals surface area (Å²) >= 11 is 6.31. The molecule has 0 fully saturated rings. The molecule has 1 atom stereocenters. The van der Waals surface area contributed by atoms with Gasteiger partial charge in [0.1, 0.15) is 23.3 Å². The lowest BCUT2D eigenvalue weighted by Gasteiger charge is -2.26. The number of ether oxygens (including phenoxy) is 1. The molecule has 3 heterocycles. The second kappa shape index (κ2) is 5.91. The third-order valence-electron chi connectivity index (χ3n) is 4.34. The van der Waals surface area contributed by atoms with Gasteiger partial charge in [0.2, 0.25) is 0 Å². The molecule has 4 rings (SSSR count). The molecular weight excluding hydrogens is 328 g/mol. The van der Waals surface area contributed by atoms with Crippen LogP contribution in [0.25, 0.3) is 10.9 Å². The van der Waals surface area contributed by atoms with E-state index in [-0.39, 0.29) is 12.0 Å². The van der Waals surface area contributed by atoms with Crippen molar-refractivity contribution in [1.82, 2.24) is 9.88 Å². The molecule has 0 bridgehead atoms. The third kappa shape index (κ3) is 2.45. The Hall–Kier alpha value is -2.40. The zero-order chi connectivity index (χ0) is 16.7. The van der Waals surface area contributed by atoms with Gasteiger partial charge in [0.15, 0.2) is 0 Å². The molecule has 5 nitrogen and oxygen atoms in total. The van der Waals surface area contributed by atoms with Crippen LogP contribution in [0.1, 0.15) is 29.6 Å². The molecule has 1 aromatic carbocycles. The predicted molar refractivity (Wildman–Crippen MR) is 91.5 cm³/mol. The number of carbonyl (C=O) groups excluding carboxylic acids is 1. The number of halogens is 1. The van der Waals surface area contributed by atoms with Crippen LogP contribution in [0.2, 0.25) is 5.02 Å². The van der Waals surface area contributed by atoms with E-state index in [2.05, 4.69) is 12.2 Å². The van der Waals surface area contributed by atoms with Crippen LogP contribution in [-0.4, -0.2) is 16.6 Å². The van der Waals surface area contributed by atoms with E-state index in [4.69, 9.17) is 20.8 Å². The fourth-order valence-corrected chi connectivity index (χ4v) is 3.30. The lowest BCUT2D eigenvalue weighted by atomic mass is 10.2. The number of amides is 1. The van der Waals surface area contributed by atoms with Crippen LogP contribution >= 0.6 is 11.6 Å². The normalized spacial score (nSPS) is 16.2. The monoisotopic (exact) mass is 344 g/mol. The second-order valence-corrected chi connectivity index (χ2v) is 6.27. The summed E-state index contributed by atoms with van der Waals surface area (Å²) in [6, 6.07) is 9.14. The first-order chi connectivity index (χ1) is 11.7. The van der Waals surface area contributed by atoms with Gasteiger partial charge >= 0.3 is 0 Å². The Kier molecular flexibility index (Phi) is 3.73. The largest absolute Gasteiger partial charge is 0.486 e. The van der Waals surface area contributed by atoms with Crippen molar-refractivity contribution in [3.05, 3.63) is 53.1 Å². The minimum atomic E-state index is -0.152. The molecule has 0 radical (unpaired) electrons. The highest BCUT2D eigenvalue weighted by Gasteiger charge is 2.26. The van der Waals surface area contributed by atoms with Gasteiger partial charge in [0.05, 0.1) is 29.9 Å². The maximum Gasteiger partial charge on any atom is 0.268 e. The maximum atomic E-state index is 12.7. The van der Waals surface area contributed by atoms with Gasteiger partial charge in [-0.3, -0.25) is 4.79 Å². The van der Waals surface area contributed by atoms with Crippen LogP contribution in [-0.2, 0) is 13.1 Å². The minimum absolute atomic E-state index is 0.0471. The molecule has 1 aliphatic heterocycles. The molecule has 3 aromatic rings. The van der Waals surface area contributed by atoms with Gasteiger partial charge in [0, 0.05) is 5.39 Å². The van der Waals surface area contributed by atoms with Crippen molar-refractivity contribution in [1.29, 1.82) is 0 Å². The van der Waals surface area contributed by atoms with Crippen LogP contribution in [0.15, 0.2) is 41.0 Å². The van der Waals surface area contributed by atoms with Crippen molar-refractivity contribution in [3.8, 4) is 5.75 Å². The van der Waals surface area contributed by atoms with Crippen molar-refractivity contribution in [2.75, 3.05) is 0 Å². The summed E-state index contributed by atoms with van der Waals surface area (Å²) in [7, 11) is 0. The summed E-state index contributed by atoms with van der Waals surface area (Å²) in [5.74, 6) is 1.34. The van der Waals surface area contributed by atoms with Crippen LogP contribution in [0.4, 0.5) is 0 Å². The van der Waals surface area contributed by atoms with Gasteiger partial charge in [-0.15, -0.1) is 0 Å². The van der Waals surface area contributed by atoms with Gasteiger partial charge in [-0.1, -0.05) is 18.5 Å². The summed E-state index contributed by atoms with van der Waals surface area (Å²) in [4.78, 5) is 12.7. The molecule has 6 heteroatoms. The fourth-order valence-electron chi connectivity index (χ4n) is 3.09. The number of hydrogen-bond acceptors (Lipinski definition) is 3. The Morgan fingerprint density at radius 2 is 2.29 bits per heavy atom. The third-order valence-corrected chi connectivity index (χ3v) is 4.67. The topological polar surface area (TPSA) is 56.4 Å². The van der Waals surface area contributed by atoms with Crippen LogP contribution in [0.3, 0.4) is 0 Å². The van der Waals surface area contributed by atoms with E-state index in [1.54, 1.807) is 12.3 Å². The molecule has 1 amide bonds. The number of nitrogens with one attached hydrogen (secondary N) is 1. The SMILES string of the molecule is CCC1Cn2c(C(=O)NCc3ccco3)cc3c(Cl)ccc(c32)O1. The molecule has 2 aromatic heterocycles. The fraction of sp³-hybridized carbons (Fsp3) is 0.278. The highest BCUT2D eigenvalue weighted by molar-refractivity contribution is 6.36. The number of furan rings is 1. The molecule has 1 N–H and O–H groups in total. The zero-order valence-electron chi connectivity index (χ0n) is 13.2. The number of aromatic nitrogens is 1. The van der Waals surface area contributed by atoms with E-state index in [9.17, 15) is 4.79 Å². The molecule has 0 saturated carbocycles. The lowest BCUT2D eigenvalue weighted by molar-refractivity contribution is 0.0932. The Bertz CT molecular complexity index is 899. The van der Waals surface area contributed by atoms with Crippen molar-refractivity contribution in [2.24, 2.45) is 0 Å². The molecule has 0 saturated heterocycles. The summed E-state index contributed by atoms with van der Waals surface area (Å²) in [6.45, 7) is 3.06. The average molecular weight is 345 g/mol. The highest BCUT2D eigenvalue weighted by atomic mass is 35.5. The van der Waals surface area contributed by atoms with Gasteiger partial charge in [-0.2, -0.15) is 0 Å². The summed E-state index contributed by atoms with van der Waals surface area (Å²) < 4.78 is 13.3. The van der Waals surface area contributed by atoms with Crippen molar-refractivity contribution < 1.29 is 13.9 Å². The molecular formula is C18H17ClN2O3. The quantitative estimate of drug-likeness (QED) is 0.778. The number of rotatable bonds is 4.